The summed E-state index contributed by atoms with van der Waals surface area (Å²) in [6.07, 6.45) is 4.95. The molecule has 1 heterocycles. The lowest BCUT2D eigenvalue weighted by Crippen LogP contribution is -2.34. The van der Waals surface area contributed by atoms with Crippen molar-refractivity contribution in [1.29, 1.82) is 0 Å². The van der Waals surface area contributed by atoms with Gasteiger partial charge in [0, 0.05) is 19.2 Å². The number of hydrogen-bond acceptors (Lipinski definition) is 5. The van der Waals surface area contributed by atoms with Crippen LogP contribution in [0.5, 0.6) is 5.75 Å². The van der Waals surface area contributed by atoms with Gasteiger partial charge in [0.2, 0.25) is 0 Å². The van der Waals surface area contributed by atoms with Gasteiger partial charge < -0.3 is 19.5 Å². The van der Waals surface area contributed by atoms with E-state index in [9.17, 15) is 9.59 Å². The second kappa shape index (κ2) is 8.95. The fourth-order valence-electron chi connectivity index (χ4n) is 2.15. The molecule has 1 atom stereocenters. The fraction of sp³-hybridized carbons (Fsp3) is 0.412. The number of esters is 1. The topological polar surface area (TPSA) is 73.9 Å². The summed E-state index contributed by atoms with van der Waals surface area (Å²) in [4.78, 5) is 23.1. The number of carbonyl (C=O) groups excluding carboxylic acids is 2. The molecule has 6 nitrogen and oxygen atoms in total. The first-order chi connectivity index (χ1) is 11.2. The van der Waals surface area contributed by atoms with Crippen LogP contribution in [0.2, 0.25) is 0 Å². The molecule has 1 saturated heterocycles. The van der Waals surface area contributed by atoms with Gasteiger partial charge in [-0.3, -0.25) is 4.79 Å². The van der Waals surface area contributed by atoms with E-state index in [4.69, 9.17) is 14.2 Å². The van der Waals surface area contributed by atoms with Crippen LogP contribution in [0.15, 0.2) is 30.3 Å². The molecule has 1 amide bonds. The molecule has 0 spiro atoms. The van der Waals surface area contributed by atoms with Crippen LogP contribution in [0, 0.1) is 0 Å². The van der Waals surface area contributed by atoms with Crippen LogP contribution in [-0.2, 0) is 19.1 Å². The molecule has 2 rings (SSSR count). The van der Waals surface area contributed by atoms with Gasteiger partial charge in [-0.1, -0.05) is 12.1 Å². The Morgan fingerprint density at radius 1 is 1.35 bits per heavy atom. The molecule has 1 N–H and O–H groups in total. The first-order valence-corrected chi connectivity index (χ1v) is 7.54. The molecule has 0 radical (unpaired) electrons. The third kappa shape index (κ3) is 6.12. The summed E-state index contributed by atoms with van der Waals surface area (Å²) in [6.45, 7) is 0.905. The van der Waals surface area contributed by atoms with Gasteiger partial charge in [-0.15, -0.1) is 0 Å². The van der Waals surface area contributed by atoms with Gasteiger partial charge in [0.1, 0.15) is 5.75 Å². The molecule has 1 aromatic rings. The molecule has 1 aliphatic heterocycles. The Kier molecular flexibility index (Phi) is 6.62. The maximum absolute atomic E-state index is 11.6. The van der Waals surface area contributed by atoms with E-state index in [0.29, 0.717) is 6.54 Å². The molecule has 0 unspecified atom stereocenters. The second-order valence-electron chi connectivity index (χ2n) is 5.15. The SMILES string of the molecule is COc1ccc(/C=C/C(=O)OCC(=O)NC[C@@H]2CCCO2)cc1. The second-order valence-corrected chi connectivity index (χ2v) is 5.15. The number of hydrogen-bond donors (Lipinski definition) is 1. The lowest BCUT2D eigenvalue weighted by Gasteiger charge is -2.10. The zero-order chi connectivity index (χ0) is 16.5. The minimum Gasteiger partial charge on any atom is -0.497 e. The Labute approximate surface area is 135 Å². The molecule has 0 aromatic heterocycles. The maximum atomic E-state index is 11.6. The van der Waals surface area contributed by atoms with Gasteiger partial charge in [0.05, 0.1) is 13.2 Å². The van der Waals surface area contributed by atoms with Crippen LogP contribution in [-0.4, -0.2) is 44.8 Å². The predicted octanol–water partition coefficient (Wildman–Crippen LogP) is 1.55. The molecule has 1 aromatic carbocycles. The molecule has 1 aliphatic rings. The largest absolute Gasteiger partial charge is 0.497 e. The normalized spacial score (nSPS) is 17.2. The Bertz CT molecular complexity index is 547. The number of ether oxygens (including phenoxy) is 3. The first kappa shape index (κ1) is 17.0. The van der Waals surface area contributed by atoms with Gasteiger partial charge in [0.15, 0.2) is 6.61 Å². The van der Waals surface area contributed by atoms with E-state index in [1.54, 1.807) is 25.3 Å². The highest BCUT2D eigenvalue weighted by molar-refractivity contribution is 5.89. The average Bonchev–Trinajstić information content (AvgIpc) is 3.10. The molecule has 0 bridgehead atoms. The molecule has 1 fully saturated rings. The van der Waals surface area contributed by atoms with Crippen LogP contribution in [0.25, 0.3) is 6.08 Å². The first-order valence-electron chi connectivity index (χ1n) is 7.54. The van der Waals surface area contributed by atoms with Crippen LogP contribution in [0.1, 0.15) is 18.4 Å². The summed E-state index contributed by atoms with van der Waals surface area (Å²) in [5.41, 5.74) is 0.839. The van der Waals surface area contributed by atoms with Gasteiger partial charge in [-0.05, 0) is 36.6 Å². The number of rotatable bonds is 7. The smallest absolute Gasteiger partial charge is 0.331 e. The standard InChI is InChI=1S/C17H21NO5/c1-21-14-7-4-13(5-8-14)6-9-17(20)23-12-16(19)18-11-15-3-2-10-22-15/h4-9,15H,2-3,10-12H2,1H3,(H,18,19)/b9-6+/t15-/m0/s1. The maximum Gasteiger partial charge on any atom is 0.331 e. The van der Waals surface area contributed by atoms with E-state index in [0.717, 1.165) is 30.8 Å². The zero-order valence-corrected chi connectivity index (χ0v) is 13.1. The highest BCUT2D eigenvalue weighted by Gasteiger charge is 2.16. The molecule has 0 saturated carbocycles. The lowest BCUT2D eigenvalue weighted by molar-refractivity contribution is -0.143. The third-order valence-corrected chi connectivity index (χ3v) is 3.42. The molecule has 0 aliphatic carbocycles. The van der Waals surface area contributed by atoms with E-state index in [1.165, 1.54) is 6.08 Å². The quantitative estimate of drug-likeness (QED) is 0.610. The lowest BCUT2D eigenvalue weighted by atomic mass is 10.2. The summed E-state index contributed by atoms with van der Waals surface area (Å²) >= 11 is 0. The van der Waals surface area contributed by atoms with Gasteiger partial charge in [-0.25, -0.2) is 4.79 Å². The molecule has 23 heavy (non-hydrogen) atoms. The summed E-state index contributed by atoms with van der Waals surface area (Å²) in [7, 11) is 1.59. The van der Waals surface area contributed by atoms with E-state index < -0.39 is 5.97 Å². The predicted molar refractivity (Wildman–Crippen MR) is 85.0 cm³/mol. The fourth-order valence-corrected chi connectivity index (χ4v) is 2.15. The van der Waals surface area contributed by atoms with Crippen molar-refractivity contribution in [2.45, 2.75) is 18.9 Å². The van der Waals surface area contributed by atoms with E-state index in [2.05, 4.69) is 5.32 Å². The van der Waals surface area contributed by atoms with Crippen molar-refractivity contribution in [3.8, 4) is 5.75 Å². The van der Waals surface area contributed by atoms with Crippen LogP contribution >= 0.6 is 0 Å². The van der Waals surface area contributed by atoms with Crippen LogP contribution in [0.3, 0.4) is 0 Å². The van der Waals surface area contributed by atoms with Gasteiger partial charge in [-0.2, -0.15) is 0 Å². The number of methoxy groups -OCH3 is 1. The number of carbonyl (C=O) groups is 2. The molecular formula is C17H21NO5. The highest BCUT2D eigenvalue weighted by Crippen LogP contribution is 2.12. The monoisotopic (exact) mass is 319 g/mol. The minimum absolute atomic E-state index is 0.0737. The van der Waals surface area contributed by atoms with Crippen LogP contribution < -0.4 is 10.1 Å². The third-order valence-electron chi connectivity index (χ3n) is 3.42. The minimum atomic E-state index is -0.562. The van der Waals surface area contributed by atoms with Crippen molar-refractivity contribution in [3.63, 3.8) is 0 Å². The average molecular weight is 319 g/mol. The van der Waals surface area contributed by atoms with Crippen molar-refractivity contribution in [2.75, 3.05) is 26.9 Å². The van der Waals surface area contributed by atoms with Gasteiger partial charge >= 0.3 is 5.97 Å². The zero-order valence-electron chi connectivity index (χ0n) is 13.1. The molecule has 124 valence electrons. The Hall–Kier alpha value is -2.34. The van der Waals surface area contributed by atoms with E-state index >= 15 is 0 Å². The number of nitrogens with one attached hydrogen (secondary N) is 1. The Morgan fingerprint density at radius 3 is 2.78 bits per heavy atom. The van der Waals surface area contributed by atoms with Crippen molar-refractivity contribution in [3.05, 3.63) is 35.9 Å². The summed E-state index contributed by atoms with van der Waals surface area (Å²) in [6, 6.07) is 7.22. The van der Waals surface area contributed by atoms with Crippen LogP contribution in [0.4, 0.5) is 0 Å². The Morgan fingerprint density at radius 2 is 2.13 bits per heavy atom. The van der Waals surface area contributed by atoms with E-state index in [1.807, 2.05) is 12.1 Å². The van der Waals surface area contributed by atoms with E-state index in [-0.39, 0.29) is 18.6 Å². The molecular weight excluding hydrogens is 298 g/mol. The van der Waals surface area contributed by atoms with Gasteiger partial charge in [0.25, 0.3) is 5.91 Å². The van der Waals surface area contributed by atoms with Crippen molar-refractivity contribution in [2.24, 2.45) is 0 Å². The number of amides is 1. The highest BCUT2D eigenvalue weighted by atomic mass is 16.5. The Balaban J connectivity index is 1.66. The van der Waals surface area contributed by atoms with Crippen molar-refractivity contribution in [1.82, 2.24) is 5.32 Å². The molecule has 6 heteroatoms. The number of benzene rings is 1. The summed E-state index contributed by atoms with van der Waals surface area (Å²) < 4.78 is 15.3. The summed E-state index contributed by atoms with van der Waals surface area (Å²) in [5, 5.41) is 2.69. The van der Waals surface area contributed by atoms with Crippen molar-refractivity contribution < 1.29 is 23.8 Å². The summed E-state index contributed by atoms with van der Waals surface area (Å²) in [5.74, 6) is -0.146. The van der Waals surface area contributed by atoms with Crippen molar-refractivity contribution >= 4 is 18.0 Å².